The molecule has 0 radical (unpaired) electrons. The Morgan fingerprint density at radius 1 is 1.26 bits per heavy atom. The molecule has 0 saturated heterocycles. The minimum absolute atomic E-state index is 0.143. The van der Waals surface area contributed by atoms with Crippen molar-refractivity contribution >= 4 is 17.5 Å². The van der Waals surface area contributed by atoms with Gasteiger partial charge in [0.2, 0.25) is 5.91 Å². The van der Waals surface area contributed by atoms with Gasteiger partial charge in [-0.2, -0.15) is 0 Å². The Bertz CT molecular complexity index is 395. The highest BCUT2D eigenvalue weighted by Gasteiger charge is 2.09. The molecule has 0 heterocycles. The molecule has 1 rings (SSSR count). The number of aliphatic hydroxyl groups is 1. The summed E-state index contributed by atoms with van der Waals surface area (Å²) in [6.07, 6.45) is 3.87. The zero-order valence-corrected chi connectivity index (χ0v) is 12.2. The van der Waals surface area contributed by atoms with E-state index in [4.69, 9.17) is 16.7 Å². The number of amides is 1. The largest absolute Gasteiger partial charge is 0.396 e. The Kier molecular flexibility index (Phi) is 7.53. The van der Waals surface area contributed by atoms with Crippen molar-refractivity contribution in [3.63, 3.8) is 0 Å². The van der Waals surface area contributed by atoms with Gasteiger partial charge in [-0.25, -0.2) is 0 Å². The van der Waals surface area contributed by atoms with Crippen molar-refractivity contribution < 1.29 is 9.90 Å². The minimum Gasteiger partial charge on any atom is -0.396 e. The summed E-state index contributed by atoms with van der Waals surface area (Å²) in [5, 5.41) is 9.41. The molecule has 0 aliphatic heterocycles. The standard InChI is InChI=1S/C15H22ClNO2/c1-17(11-5-2-6-12-18)15(19)10-9-13-7-3-4-8-14(13)16/h3-4,7-8,18H,2,5-6,9-12H2,1H3. The molecule has 0 unspecified atom stereocenters. The van der Waals surface area contributed by atoms with Crippen LogP contribution < -0.4 is 0 Å². The minimum atomic E-state index is 0.143. The summed E-state index contributed by atoms with van der Waals surface area (Å²) < 4.78 is 0. The molecule has 1 aromatic carbocycles. The summed E-state index contributed by atoms with van der Waals surface area (Å²) in [5.41, 5.74) is 1.02. The molecule has 1 N–H and O–H groups in total. The number of aliphatic hydroxyl groups excluding tert-OH is 1. The first-order valence-corrected chi connectivity index (χ1v) is 7.11. The van der Waals surface area contributed by atoms with Crippen molar-refractivity contribution in [1.29, 1.82) is 0 Å². The van der Waals surface area contributed by atoms with E-state index in [1.54, 1.807) is 4.90 Å². The summed E-state index contributed by atoms with van der Waals surface area (Å²) in [6, 6.07) is 7.63. The summed E-state index contributed by atoms with van der Waals surface area (Å²) in [4.78, 5) is 13.7. The lowest BCUT2D eigenvalue weighted by Crippen LogP contribution is -2.27. The Balaban J connectivity index is 2.28. The SMILES string of the molecule is CN(CCCCCO)C(=O)CCc1ccccc1Cl. The number of carbonyl (C=O) groups excluding carboxylic acids is 1. The molecule has 1 aromatic rings. The van der Waals surface area contributed by atoms with Crippen molar-refractivity contribution in [3.05, 3.63) is 34.9 Å². The first-order valence-electron chi connectivity index (χ1n) is 6.73. The number of rotatable bonds is 8. The first-order chi connectivity index (χ1) is 9.15. The smallest absolute Gasteiger partial charge is 0.222 e. The van der Waals surface area contributed by atoms with Crippen LogP contribution in [0.1, 0.15) is 31.2 Å². The topological polar surface area (TPSA) is 40.5 Å². The zero-order chi connectivity index (χ0) is 14.1. The summed E-state index contributed by atoms with van der Waals surface area (Å²) in [7, 11) is 1.83. The van der Waals surface area contributed by atoms with Crippen molar-refractivity contribution in [3.8, 4) is 0 Å². The van der Waals surface area contributed by atoms with Gasteiger partial charge >= 0.3 is 0 Å². The van der Waals surface area contributed by atoms with Gasteiger partial charge in [-0.3, -0.25) is 4.79 Å². The van der Waals surface area contributed by atoms with E-state index < -0.39 is 0 Å². The number of nitrogens with zero attached hydrogens (tertiary/aromatic N) is 1. The molecular formula is C15H22ClNO2. The fourth-order valence-electron chi connectivity index (χ4n) is 1.90. The molecule has 0 spiro atoms. The highest BCUT2D eigenvalue weighted by atomic mass is 35.5. The molecule has 0 bridgehead atoms. The van der Waals surface area contributed by atoms with Gasteiger partial charge in [0.05, 0.1) is 0 Å². The fourth-order valence-corrected chi connectivity index (χ4v) is 2.13. The van der Waals surface area contributed by atoms with E-state index in [2.05, 4.69) is 0 Å². The van der Waals surface area contributed by atoms with Gasteiger partial charge < -0.3 is 10.0 Å². The van der Waals surface area contributed by atoms with E-state index in [-0.39, 0.29) is 12.5 Å². The second-order valence-corrected chi connectivity index (χ2v) is 5.10. The zero-order valence-electron chi connectivity index (χ0n) is 11.4. The van der Waals surface area contributed by atoms with E-state index >= 15 is 0 Å². The fraction of sp³-hybridized carbons (Fsp3) is 0.533. The molecule has 4 heteroatoms. The van der Waals surface area contributed by atoms with Crippen molar-refractivity contribution in [2.45, 2.75) is 32.1 Å². The highest BCUT2D eigenvalue weighted by Crippen LogP contribution is 2.16. The molecule has 0 saturated carbocycles. The molecule has 0 aliphatic carbocycles. The lowest BCUT2D eigenvalue weighted by molar-refractivity contribution is -0.129. The van der Waals surface area contributed by atoms with Crippen molar-refractivity contribution in [2.24, 2.45) is 0 Å². The number of benzene rings is 1. The lowest BCUT2D eigenvalue weighted by atomic mass is 10.1. The molecule has 1 amide bonds. The molecule has 0 atom stereocenters. The predicted octanol–water partition coefficient (Wildman–Crippen LogP) is 2.89. The van der Waals surface area contributed by atoms with E-state index in [1.807, 2.05) is 31.3 Å². The van der Waals surface area contributed by atoms with Crippen LogP contribution in [0.15, 0.2) is 24.3 Å². The van der Waals surface area contributed by atoms with Gasteiger partial charge in [-0.1, -0.05) is 29.8 Å². The molecule has 3 nitrogen and oxygen atoms in total. The van der Waals surface area contributed by atoms with E-state index in [1.165, 1.54) is 0 Å². The molecule has 19 heavy (non-hydrogen) atoms. The van der Waals surface area contributed by atoms with E-state index in [9.17, 15) is 4.79 Å². The molecule has 0 aromatic heterocycles. The summed E-state index contributed by atoms with van der Waals surface area (Å²) in [5.74, 6) is 0.143. The molecule has 0 aliphatic rings. The average molecular weight is 284 g/mol. The van der Waals surface area contributed by atoms with E-state index in [0.29, 0.717) is 12.8 Å². The second-order valence-electron chi connectivity index (χ2n) is 4.69. The lowest BCUT2D eigenvalue weighted by Gasteiger charge is -2.17. The van der Waals surface area contributed by atoms with Crippen molar-refractivity contribution in [1.82, 2.24) is 4.90 Å². The molecule has 106 valence electrons. The van der Waals surface area contributed by atoms with Crippen LogP contribution in [0.3, 0.4) is 0 Å². The number of hydrogen-bond acceptors (Lipinski definition) is 2. The maximum Gasteiger partial charge on any atom is 0.222 e. The van der Waals surface area contributed by atoms with Crippen LogP contribution in [0.5, 0.6) is 0 Å². The van der Waals surface area contributed by atoms with Crippen LogP contribution >= 0.6 is 11.6 Å². The Morgan fingerprint density at radius 2 is 2.00 bits per heavy atom. The highest BCUT2D eigenvalue weighted by molar-refractivity contribution is 6.31. The normalized spacial score (nSPS) is 10.5. The van der Waals surface area contributed by atoms with Crippen LogP contribution in [-0.4, -0.2) is 36.1 Å². The van der Waals surface area contributed by atoms with Gasteiger partial charge in [0.15, 0.2) is 0 Å². The third-order valence-electron chi connectivity index (χ3n) is 3.14. The van der Waals surface area contributed by atoms with Crippen LogP contribution in [0, 0.1) is 0 Å². The van der Waals surface area contributed by atoms with Crippen LogP contribution in [0.2, 0.25) is 5.02 Å². The number of carbonyl (C=O) groups is 1. The van der Waals surface area contributed by atoms with Gasteiger partial charge in [-0.05, 0) is 37.3 Å². The monoisotopic (exact) mass is 283 g/mol. The van der Waals surface area contributed by atoms with Crippen LogP contribution in [0.25, 0.3) is 0 Å². The van der Waals surface area contributed by atoms with Gasteiger partial charge in [0.25, 0.3) is 0 Å². The Labute approximate surface area is 120 Å². The van der Waals surface area contributed by atoms with Crippen LogP contribution in [-0.2, 0) is 11.2 Å². The summed E-state index contributed by atoms with van der Waals surface area (Å²) >= 11 is 6.06. The quantitative estimate of drug-likeness (QED) is 0.745. The number of aryl methyl sites for hydroxylation is 1. The van der Waals surface area contributed by atoms with E-state index in [0.717, 1.165) is 36.4 Å². The van der Waals surface area contributed by atoms with Crippen molar-refractivity contribution in [2.75, 3.05) is 20.2 Å². The van der Waals surface area contributed by atoms with Crippen LogP contribution in [0.4, 0.5) is 0 Å². The number of hydrogen-bond donors (Lipinski definition) is 1. The molecular weight excluding hydrogens is 262 g/mol. The Morgan fingerprint density at radius 3 is 2.68 bits per heavy atom. The Hall–Kier alpha value is -1.06. The maximum absolute atomic E-state index is 11.9. The first kappa shape index (κ1) is 16.0. The predicted molar refractivity (Wildman–Crippen MR) is 78.3 cm³/mol. The number of unbranched alkanes of at least 4 members (excludes halogenated alkanes) is 2. The second kappa shape index (κ2) is 8.94. The van der Waals surface area contributed by atoms with Gasteiger partial charge in [0.1, 0.15) is 0 Å². The number of halogens is 1. The third kappa shape index (κ3) is 6.08. The maximum atomic E-state index is 11.9. The summed E-state index contributed by atoms with van der Waals surface area (Å²) in [6.45, 7) is 0.978. The average Bonchev–Trinajstić information content (AvgIpc) is 2.42. The van der Waals surface area contributed by atoms with Gasteiger partial charge in [0, 0.05) is 31.6 Å². The molecule has 0 fully saturated rings. The van der Waals surface area contributed by atoms with Gasteiger partial charge in [-0.15, -0.1) is 0 Å². The third-order valence-corrected chi connectivity index (χ3v) is 3.51.